The number of pyridine rings is 5. The third-order valence-corrected chi connectivity index (χ3v) is 5.22. The lowest BCUT2D eigenvalue weighted by Gasteiger charge is -2.10. The molecule has 140 valence electrons. The maximum absolute atomic E-state index is 5.01. The van der Waals surface area contributed by atoms with E-state index in [1.165, 1.54) is 0 Å². The van der Waals surface area contributed by atoms with Gasteiger partial charge in [0.2, 0.25) is 0 Å². The minimum absolute atomic E-state index is 0.809. The lowest BCUT2D eigenvalue weighted by Crippen LogP contribution is -1.94. The normalized spacial score (nSPS) is 11.3. The van der Waals surface area contributed by atoms with Crippen molar-refractivity contribution in [3.05, 3.63) is 91.4 Å². The molecule has 0 saturated carbocycles. The lowest BCUT2D eigenvalue weighted by atomic mass is 10.0. The maximum Gasteiger partial charge on any atom is 0.0986 e. The zero-order valence-corrected chi connectivity index (χ0v) is 15.9. The number of fused-ring (bicyclic) bond motifs is 6. The average Bonchev–Trinajstić information content (AvgIpc) is 2.84. The summed E-state index contributed by atoms with van der Waals surface area (Å²) in [5.41, 5.74) is 5.94. The second-order valence-corrected chi connectivity index (χ2v) is 7.01. The van der Waals surface area contributed by atoms with Crippen LogP contribution in [0.25, 0.3) is 55.5 Å². The van der Waals surface area contributed by atoms with Crippen LogP contribution in [0.1, 0.15) is 0 Å². The summed E-state index contributed by atoms with van der Waals surface area (Å²) in [5.74, 6) is 0. The molecule has 5 heterocycles. The topological polar surface area (TPSA) is 64.5 Å². The molecule has 6 aromatic rings. The third-order valence-electron chi connectivity index (χ3n) is 5.22. The largest absolute Gasteiger partial charge is 0.255 e. The molecular formula is C25H15N5. The van der Waals surface area contributed by atoms with Gasteiger partial charge in [0.15, 0.2) is 0 Å². The summed E-state index contributed by atoms with van der Waals surface area (Å²) in [7, 11) is 0. The first-order valence-corrected chi connectivity index (χ1v) is 9.69. The standard InChI is InChI=1S/C25H15N5/c1-2-13-26-19(8-1)20-9-3-10-21(29-20)22-12-11-17-16-6-4-14-27-24(16)25-18(23(17)30-22)7-5-15-28-25/h1-15H. The fraction of sp³-hybridized carbons (Fsp3) is 0. The minimum Gasteiger partial charge on any atom is -0.255 e. The molecule has 0 atom stereocenters. The van der Waals surface area contributed by atoms with Crippen LogP contribution in [-0.4, -0.2) is 24.9 Å². The molecule has 0 aliphatic carbocycles. The first-order valence-electron chi connectivity index (χ1n) is 9.69. The second kappa shape index (κ2) is 6.67. The van der Waals surface area contributed by atoms with E-state index in [0.29, 0.717) is 0 Å². The van der Waals surface area contributed by atoms with E-state index in [1.807, 2.05) is 60.7 Å². The van der Waals surface area contributed by atoms with Crippen LogP contribution in [0.15, 0.2) is 91.4 Å². The Hall–Kier alpha value is -4.25. The summed E-state index contributed by atoms with van der Waals surface area (Å²) >= 11 is 0. The van der Waals surface area contributed by atoms with Gasteiger partial charge in [-0.25, -0.2) is 9.97 Å². The monoisotopic (exact) mass is 385 g/mol. The van der Waals surface area contributed by atoms with Gasteiger partial charge in [-0.3, -0.25) is 15.0 Å². The van der Waals surface area contributed by atoms with E-state index < -0.39 is 0 Å². The highest BCUT2D eigenvalue weighted by molar-refractivity contribution is 6.21. The highest BCUT2D eigenvalue weighted by Crippen LogP contribution is 2.33. The summed E-state index contributed by atoms with van der Waals surface area (Å²) in [6.45, 7) is 0. The van der Waals surface area contributed by atoms with E-state index in [2.05, 4.69) is 27.1 Å². The van der Waals surface area contributed by atoms with E-state index in [9.17, 15) is 0 Å². The van der Waals surface area contributed by atoms with E-state index in [1.54, 1.807) is 18.6 Å². The Morgan fingerprint density at radius 3 is 1.80 bits per heavy atom. The minimum atomic E-state index is 0.809. The zero-order chi connectivity index (χ0) is 19.9. The summed E-state index contributed by atoms with van der Waals surface area (Å²) in [4.78, 5) is 23.4. The van der Waals surface area contributed by atoms with Crippen LogP contribution in [0.2, 0.25) is 0 Å². The Labute approximate surface area is 172 Å². The number of hydrogen-bond donors (Lipinski definition) is 0. The molecule has 0 unspecified atom stereocenters. The van der Waals surface area contributed by atoms with Crippen molar-refractivity contribution in [2.24, 2.45) is 0 Å². The fourth-order valence-electron chi connectivity index (χ4n) is 3.86. The second-order valence-electron chi connectivity index (χ2n) is 7.01. The average molecular weight is 385 g/mol. The molecule has 30 heavy (non-hydrogen) atoms. The van der Waals surface area contributed by atoms with Crippen LogP contribution < -0.4 is 0 Å². The van der Waals surface area contributed by atoms with Gasteiger partial charge in [0.25, 0.3) is 0 Å². The molecular weight excluding hydrogens is 370 g/mol. The fourth-order valence-corrected chi connectivity index (χ4v) is 3.86. The van der Waals surface area contributed by atoms with E-state index in [0.717, 1.165) is 55.5 Å². The van der Waals surface area contributed by atoms with Crippen molar-refractivity contribution >= 4 is 32.7 Å². The lowest BCUT2D eigenvalue weighted by molar-refractivity contribution is 1.23. The number of hydrogen-bond acceptors (Lipinski definition) is 5. The van der Waals surface area contributed by atoms with Crippen LogP contribution in [0, 0.1) is 0 Å². The molecule has 0 amide bonds. The van der Waals surface area contributed by atoms with E-state index in [-0.39, 0.29) is 0 Å². The first kappa shape index (κ1) is 16.7. The maximum atomic E-state index is 5.01. The molecule has 5 aromatic heterocycles. The van der Waals surface area contributed by atoms with Gasteiger partial charge in [-0.2, -0.15) is 0 Å². The van der Waals surface area contributed by atoms with Crippen molar-refractivity contribution in [3.63, 3.8) is 0 Å². The number of aromatic nitrogens is 5. The van der Waals surface area contributed by atoms with Gasteiger partial charge >= 0.3 is 0 Å². The number of benzene rings is 1. The molecule has 5 nitrogen and oxygen atoms in total. The Balaban J connectivity index is 1.61. The van der Waals surface area contributed by atoms with Gasteiger partial charge in [0.05, 0.1) is 39.3 Å². The van der Waals surface area contributed by atoms with E-state index in [4.69, 9.17) is 9.97 Å². The van der Waals surface area contributed by atoms with Crippen LogP contribution >= 0.6 is 0 Å². The zero-order valence-electron chi connectivity index (χ0n) is 15.9. The molecule has 0 saturated heterocycles. The molecule has 0 N–H and O–H groups in total. The summed E-state index contributed by atoms with van der Waals surface area (Å²) < 4.78 is 0. The molecule has 0 radical (unpaired) electrons. The smallest absolute Gasteiger partial charge is 0.0986 e. The van der Waals surface area contributed by atoms with Gasteiger partial charge in [-0.05, 0) is 54.6 Å². The van der Waals surface area contributed by atoms with Crippen molar-refractivity contribution < 1.29 is 0 Å². The van der Waals surface area contributed by atoms with E-state index >= 15 is 0 Å². The van der Waals surface area contributed by atoms with Gasteiger partial charge in [-0.15, -0.1) is 0 Å². The predicted octanol–water partition coefficient (Wildman–Crippen LogP) is 5.46. The molecule has 6 rings (SSSR count). The van der Waals surface area contributed by atoms with Crippen molar-refractivity contribution in [2.45, 2.75) is 0 Å². The Morgan fingerprint density at radius 2 is 1.00 bits per heavy atom. The molecule has 0 aliphatic rings. The van der Waals surface area contributed by atoms with Crippen molar-refractivity contribution in [3.8, 4) is 22.8 Å². The van der Waals surface area contributed by atoms with Crippen LogP contribution in [-0.2, 0) is 0 Å². The molecule has 0 bridgehead atoms. The van der Waals surface area contributed by atoms with Crippen molar-refractivity contribution in [1.82, 2.24) is 24.9 Å². The Morgan fingerprint density at radius 1 is 0.367 bits per heavy atom. The van der Waals surface area contributed by atoms with Crippen LogP contribution in [0.3, 0.4) is 0 Å². The predicted molar refractivity (Wildman–Crippen MR) is 119 cm³/mol. The highest BCUT2D eigenvalue weighted by Gasteiger charge is 2.13. The molecule has 0 fully saturated rings. The molecule has 5 heteroatoms. The quantitative estimate of drug-likeness (QED) is 0.371. The van der Waals surface area contributed by atoms with Gasteiger partial charge in [-0.1, -0.05) is 18.2 Å². The van der Waals surface area contributed by atoms with Crippen molar-refractivity contribution in [2.75, 3.05) is 0 Å². The van der Waals surface area contributed by atoms with Gasteiger partial charge in [0, 0.05) is 34.7 Å². The molecule has 0 spiro atoms. The van der Waals surface area contributed by atoms with Gasteiger partial charge in [0.1, 0.15) is 0 Å². The molecule has 0 aliphatic heterocycles. The number of nitrogens with zero attached hydrogens (tertiary/aromatic N) is 5. The highest BCUT2D eigenvalue weighted by atomic mass is 14.8. The number of rotatable bonds is 2. The summed E-state index contributed by atoms with van der Waals surface area (Å²) in [6.07, 6.45) is 5.37. The summed E-state index contributed by atoms with van der Waals surface area (Å²) in [5, 5.41) is 3.10. The Bertz CT molecular complexity index is 1510. The van der Waals surface area contributed by atoms with Gasteiger partial charge < -0.3 is 0 Å². The van der Waals surface area contributed by atoms with Crippen LogP contribution in [0.4, 0.5) is 0 Å². The summed E-state index contributed by atoms with van der Waals surface area (Å²) in [6, 6.07) is 23.9. The SMILES string of the molecule is c1ccc(-c2cccc(-c3ccc4c5cccnc5c5ncccc5c4n3)n2)nc1. The first-order chi connectivity index (χ1) is 14.9. The van der Waals surface area contributed by atoms with Crippen LogP contribution in [0.5, 0.6) is 0 Å². The Kier molecular flexibility index (Phi) is 3.71. The van der Waals surface area contributed by atoms with Crippen molar-refractivity contribution in [1.29, 1.82) is 0 Å². The third kappa shape index (κ3) is 2.60. The molecule has 1 aromatic carbocycles.